The van der Waals surface area contributed by atoms with Gasteiger partial charge in [-0.15, -0.1) is 0 Å². The average Bonchev–Trinajstić information content (AvgIpc) is 1.38. The quantitative estimate of drug-likeness (QED) is 0.444. The zero-order valence-corrected chi connectivity index (χ0v) is 3.43. The Morgan fingerprint density at radius 3 is 2.00 bits per heavy atom. The minimum absolute atomic E-state index is 0.616. The predicted octanol–water partition coefficient (Wildman–Crippen LogP) is -0.0289. The molecule has 0 heterocycles. The highest BCUT2D eigenvalue weighted by molar-refractivity contribution is 4.10. The molecule has 32 valence electrons. The van der Waals surface area contributed by atoms with E-state index in [9.17, 15) is 0 Å². The summed E-state index contributed by atoms with van der Waals surface area (Å²) in [5, 5.41) is 8.14. The van der Waals surface area contributed by atoms with Crippen LogP contribution in [0.15, 0.2) is 0 Å². The van der Waals surface area contributed by atoms with Gasteiger partial charge in [-0.1, -0.05) is 0 Å². The van der Waals surface area contributed by atoms with Crippen LogP contribution in [0.3, 0.4) is 0 Å². The Balaban J connectivity index is 2.54. The monoisotopic (exact) mass is 76.1 g/mol. The Hall–Kier alpha value is -0.0800. The molecule has 0 rings (SSSR count). The molecular weight excluding hydrogens is 68.0 g/mol. The fourth-order valence-corrected chi connectivity index (χ4v) is 0. The summed E-state index contributed by atoms with van der Waals surface area (Å²) >= 11 is 0. The maximum absolute atomic E-state index is 8.14. The van der Waals surface area contributed by atoms with E-state index in [1.54, 1.807) is 6.92 Å². The molecule has 0 amide bonds. The van der Waals surface area contributed by atoms with Crippen LogP contribution >= 0.6 is 0 Å². The van der Waals surface area contributed by atoms with Crippen molar-refractivity contribution >= 4 is 0 Å². The van der Waals surface area contributed by atoms with Gasteiger partial charge >= 0.3 is 0 Å². The van der Waals surface area contributed by atoms with E-state index in [0.29, 0.717) is 0 Å². The van der Waals surface area contributed by atoms with Crippen LogP contribution in [0.5, 0.6) is 0 Å². The maximum atomic E-state index is 8.14. The van der Waals surface area contributed by atoms with Crippen LogP contribution in [-0.4, -0.2) is 18.5 Å². The molecule has 0 bridgehead atoms. The van der Waals surface area contributed by atoms with Crippen LogP contribution in [0.1, 0.15) is 6.92 Å². The normalized spacial score (nSPS) is 15.0. The topological polar surface area (TPSA) is 29.5 Å². The minimum atomic E-state index is -0.616. The van der Waals surface area contributed by atoms with Crippen molar-refractivity contribution in [2.75, 3.05) is 7.11 Å². The van der Waals surface area contributed by atoms with Gasteiger partial charge in [0.1, 0.15) is 0 Å². The summed E-state index contributed by atoms with van der Waals surface area (Å²) in [6.07, 6.45) is -0.616. The smallest absolute Gasteiger partial charge is 0.151 e. The lowest BCUT2D eigenvalue weighted by Crippen LogP contribution is -1.99. The highest BCUT2D eigenvalue weighted by atomic mass is 16.6. The fraction of sp³-hybridized carbons (Fsp3) is 1.00. The van der Waals surface area contributed by atoms with Gasteiger partial charge in [0.25, 0.3) is 0 Å². The van der Waals surface area contributed by atoms with Gasteiger partial charge in [-0.05, 0) is 6.92 Å². The molecule has 2 nitrogen and oxygen atoms in total. The highest BCUT2D eigenvalue weighted by Crippen LogP contribution is 1.72. The van der Waals surface area contributed by atoms with Gasteiger partial charge < -0.3 is 9.84 Å². The molecule has 5 heavy (non-hydrogen) atoms. The van der Waals surface area contributed by atoms with Gasteiger partial charge in [0, 0.05) is 7.11 Å². The Kier molecular flexibility index (Phi) is 2.14. The third kappa shape index (κ3) is 3.92. The summed E-state index contributed by atoms with van der Waals surface area (Å²) in [5.74, 6) is 0. The standard InChI is InChI=1S/C3H8O2/c1-3(4)5-2/h3-4H,1-2H3/t3-/m0/s1. The van der Waals surface area contributed by atoms with E-state index in [1.165, 1.54) is 7.11 Å². The van der Waals surface area contributed by atoms with Gasteiger partial charge in [0.05, 0.1) is 0 Å². The molecule has 0 saturated carbocycles. The van der Waals surface area contributed by atoms with E-state index < -0.39 is 6.29 Å². The van der Waals surface area contributed by atoms with E-state index in [0.717, 1.165) is 0 Å². The lowest BCUT2D eigenvalue weighted by Gasteiger charge is -1.94. The van der Waals surface area contributed by atoms with Crippen molar-refractivity contribution in [1.82, 2.24) is 0 Å². The Labute approximate surface area is 31.4 Å². The number of rotatable bonds is 1. The summed E-state index contributed by atoms with van der Waals surface area (Å²) in [5.41, 5.74) is 0. The lowest BCUT2D eigenvalue weighted by molar-refractivity contribution is -0.0583. The number of methoxy groups -OCH3 is 1. The van der Waals surface area contributed by atoms with Crippen molar-refractivity contribution in [3.8, 4) is 0 Å². The second-order valence-corrected chi connectivity index (χ2v) is 0.835. The molecule has 1 N–H and O–H groups in total. The molecule has 0 aliphatic heterocycles. The molecule has 0 aromatic carbocycles. The van der Waals surface area contributed by atoms with Gasteiger partial charge in [-0.25, -0.2) is 0 Å². The molecule has 0 fully saturated rings. The first kappa shape index (κ1) is 4.92. The second-order valence-electron chi connectivity index (χ2n) is 0.835. The average molecular weight is 76.1 g/mol. The largest absolute Gasteiger partial charge is 0.368 e. The number of ether oxygens (including phenoxy) is 1. The molecule has 2 heteroatoms. The molecule has 0 aliphatic rings. The summed E-state index contributed by atoms with van der Waals surface area (Å²) in [6.45, 7) is 1.56. The van der Waals surface area contributed by atoms with E-state index in [4.69, 9.17) is 5.11 Å². The zero-order valence-electron chi connectivity index (χ0n) is 3.43. The van der Waals surface area contributed by atoms with Gasteiger partial charge in [-0.2, -0.15) is 0 Å². The van der Waals surface area contributed by atoms with Crippen LogP contribution in [0.2, 0.25) is 0 Å². The van der Waals surface area contributed by atoms with Crippen molar-refractivity contribution < 1.29 is 9.84 Å². The Morgan fingerprint density at radius 1 is 1.80 bits per heavy atom. The number of hydrogen-bond acceptors (Lipinski definition) is 2. The van der Waals surface area contributed by atoms with E-state index in [2.05, 4.69) is 4.74 Å². The van der Waals surface area contributed by atoms with E-state index in [1.807, 2.05) is 0 Å². The fourth-order valence-electron chi connectivity index (χ4n) is 0. The van der Waals surface area contributed by atoms with E-state index in [-0.39, 0.29) is 0 Å². The van der Waals surface area contributed by atoms with Crippen LogP contribution < -0.4 is 0 Å². The molecular formula is C3H8O2. The van der Waals surface area contributed by atoms with Gasteiger partial charge in [-0.3, -0.25) is 0 Å². The maximum Gasteiger partial charge on any atom is 0.151 e. The number of aliphatic hydroxyl groups excluding tert-OH is 1. The van der Waals surface area contributed by atoms with Crippen molar-refractivity contribution in [2.24, 2.45) is 0 Å². The van der Waals surface area contributed by atoms with Gasteiger partial charge in [0.2, 0.25) is 0 Å². The third-order valence-electron chi connectivity index (χ3n) is 0.341. The van der Waals surface area contributed by atoms with Crippen molar-refractivity contribution in [3.05, 3.63) is 0 Å². The summed E-state index contributed by atoms with van der Waals surface area (Å²) < 4.78 is 4.31. The van der Waals surface area contributed by atoms with Gasteiger partial charge in [0.15, 0.2) is 6.29 Å². The Morgan fingerprint density at radius 2 is 2.00 bits per heavy atom. The van der Waals surface area contributed by atoms with E-state index >= 15 is 0 Å². The molecule has 0 spiro atoms. The minimum Gasteiger partial charge on any atom is -0.368 e. The van der Waals surface area contributed by atoms with Crippen molar-refractivity contribution in [1.29, 1.82) is 0 Å². The zero-order chi connectivity index (χ0) is 4.28. The first-order chi connectivity index (χ1) is 2.27. The Bertz CT molecular complexity index is 18.9. The predicted molar refractivity (Wildman–Crippen MR) is 18.7 cm³/mol. The molecule has 0 aromatic heterocycles. The summed E-state index contributed by atoms with van der Waals surface area (Å²) in [6, 6.07) is 0. The molecule has 0 aliphatic carbocycles. The van der Waals surface area contributed by atoms with Crippen LogP contribution in [0.4, 0.5) is 0 Å². The molecule has 0 unspecified atom stereocenters. The number of aliphatic hydroxyl groups is 1. The molecule has 0 aromatic rings. The number of hydrogen-bond donors (Lipinski definition) is 1. The molecule has 1 atom stereocenters. The van der Waals surface area contributed by atoms with Crippen molar-refractivity contribution in [2.45, 2.75) is 13.2 Å². The summed E-state index contributed by atoms with van der Waals surface area (Å²) in [7, 11) is 1.45. The molecule has 0 radical (unpaired) electrons. The highest BCUT2D eigenvalue weighted by Gasteiger charge is 1.80. The molecule has 0 saturated heterocycles. The van der Waals surface area contributed by atoms with Crippen molar-refractivity contribution in [3.63, 3.8) is 0 Å². The summed E-state index contributed by atoms with van der Waals surface area (Å²) in [4.78, 5) is 0. The van der Waals surface area contributed by atoms with Crippen LogP contribution in [0, 0.1) is 0 Å². The second kappa shape index (κ2) is 2.18. The first-order valence-electron chi connectivity index (χ1n) is 1.48. The third-order valence-corrected chi connectivity index (χ3v) is 0.341. The van der Waals surface area contributed by atoms with Crippen LogP contribution in [-0.2, 0) is 4.74 Å². The lowest BCUT2D eigenvalue weighted by atomic mass is 10.8. The first-order valence-corrected chi connectivity index (χ1v) is 1.48. The SMILES string of the molecule is CO[C@@H](C)O. The van der Waals surface area contributed by atoms with Crippen LogP contribution in [0.25, 0.3) is 0 Å².